The van der Waals surface area contributed by atoms with Crippen LogP contribution in [0, 0.1) is 5.92 Å². The highest BCUT2D eigenvalue weighted by Crippen LogP contribution is 2.14. The molecule has 0 amide bonds. The summed E-state index contributed by atoms with van der Waals surface area (Å²) in [6, 6.07) is 0. The Morgan fingerprint density at radius 1 is 1.67 bits per heavy atom. The fourth-order valence-corrected chi connectivity index (χ4v) is 2.40. The van der Waals surface area contributed by atoms with E-state index in [0.29, 0.717) is 11.9 Å². The second-order valence-corrected chi connectivity index (χ2v) is 5.04. The molecule has 1 aliphatic rings. The van der Waals surface area contributed by atoms with Crippen molar-refractivity contribution in [3.63, 3.8) is 0 Å². The first-order valence-corrected chi connectivity index (χ1v) is 6.91. The molecule has 0 bridgehead atoms. The van der Waals surface area contributed by atoms with Crippen LogP contribution in [0.1, 0.15) is 18.8 Å². The van der Waals surface area contributed by atoms with Crippen LogP contribution in [0.4, 0.5) is 8.78 Å². The topological polar surface area (TPSA) is 54.7 Å². The maximum absolute atomic E-state index is 12.7. The van der Waals surface area contributed by atoms with Gasteiger partial charge in [-0.3, -0.25) is 9.56 Å². The van der Waals surface area contributed by atoms with Gasteiger partial charge in [0, 0.05) is 45.6 Å². The van der Waals surface area contributed by atoms with Gasteiger partial charge >= 0.3 is 6.55 Å². The highest BCUT2D eigenvalue weighted by molar-refractivity contribution is 5.79. The zero-order chi connectivity index (χ0) is 15.2. The number of rotatable bonds is 5. The van der Waals surface area contributed by atoms with Crippen molar-refractivity contribution in [3.05, 3.63) is 18.2 Å². The summed E-state index contributed by atoms with van der Waals surface area (Å²) in [6.45, 7) is 0.00562. The lowest BCUT2D eigenvalue weighted by molar-refractivity contribution is 0.0668. The van der Waals surface area contributed by atoms with E-state index < -0.39 is 6.55 Å². The van der Waals surface area contributed by atoms with Crippen LogP contribution in [0.5, 0.6) is 0 Å². The zero-order valence-corrected chi connectivity index (χ0v) is 12.3. The number of imidazole rings is 1. The molecule has 8 heteroatoms. The van der Waals surface area contributed by atoms with Crippen molar-refractivity contribution < 1.29 is 13.5 Å². The number of nitrogens with zero attached hydrogens (tertiary/aromatic N) is 4. The van der Waals surface area contributed by atoms with Crippen LogP contribution in [0.3, 0.4) is 0 Å². The van der Waals surface area contributed by atoms with Gasteiger partial charge < -0.3 is 15.0 Å². The molecular formula is C13H21F2N5O. The molecule has 1 N–H and O–H groups in total. The lowest BCUT2D eigenvalue weighted by Gasteiger charge is -2.24. The molecule has 21 heavy (non-hydrogen) atoms. The summed E-state index contributed by atoms with van der Waals surface area (Å²) >= 11 is 0. The first-order chi connectivity index (χ1) is 10.1. The Labute approximate surface area is 122 Å². The van der Waals surface area contributed by atoms with Crippen LogP contribution in [0.15, 0.2) is 17.4 Å². The maximum atomic E-state index is 12.7. The van der Waals surface area contributed by atoms with Gasteiger partial charge in [0.2, 0.25) is 0 Å². The molecule has 0 aliphatic carbocycles. The maximum Gasteiger partial charge on any atom is 0.319 e. The third kappa shape index (κ3) is 4.13. The van der Waals surface area contributed by atoms with Gasteiger partial charge in [0.05, 0.1) is 13.2 Å². The standard InChI is InChI=1S/C13H21F2N5O/c1-16-13(19(2)8-10-3-6-21-9-10)18-7-11-17-4-5-20(11)12(14)15/h4-5,10,12H,3,6-9H2,1-2H3,(H,16,18). The van der Waals surface area contributed by atoms with Crippen LogP contribution in [-0.2, 0) is 11.3 Å². The minimum Gasteiger partial charge on any atom is -0.381 e. The molecule has 1 aromatic heterocycles. The van der Waals surface area contributed by atoms with Crippen molar-refractivity contribution in [2.24, 2.45) is 10.9 Å². The molecule has 118 valence electrons. The van der Waals surface area contributed by atoms with E-state index in [0.717, 1.165) is 30.7 Å². The van der Waals surface area contributed by atoms with Crippen molar-refractivity contribution >= 4 is 5.96 Å². The minimum absolute atomic E-state index is 0.204. The average molecular weight is 301 g/mol. The molecule has 2 rings (SSSR count). The lowest BCUT2D eigenvalue weighted by Crippen LogP contribution is -2.41. The Morgan fingerprint density at radius 3 is 3.10 bits per heavy atom. The molecule has 1 aromatic rings. The zero-order valence-electron chi connectivity index (χ0n) is 12.3. The summed E-state index contributed by atoms with van der Waals surface area (Å²) in [5, 5.41) is 3.06. The third-order valence-corrected chi connectivity index (χ3v) is 3.49. The SMILES string of the molecule is CN=C(NCc1nccn1C(F)F)N(C)CC1CCOC1. The van der Waals surface area contributed by atoms with Crippen LogP contribution in [0.25, 0.3) is 0 Å². The molecule has 1 aliphatic heterocycles. The van der Waals surface area contributed by atoms with E-state index in [2.05, 4.69) is 15.3 Å². The summed E-state index contributed by atoms with van der Waals surface area (Å²) < 4.78 is 31.7. The van der Waals surface area contributed by atoms with Crippen LogP contribution >= 0.6 is 0 Å². The van der Waals surface area contributed by atoms with Crippen molar-refractivity contribution in [3.8, 4) is 0 Å². The normalized spacial score (nSPS) is 19.3. The fraction of sp³-hybridized carbons (Fsp3) is 0.692. The predicted molar refractivity (Wildman–Crippen MR) is 75.2 cm³/mol. The van der Waals surface area contributed by atoms with Gasteiger partial charge in [-0.2, -0.15) is 8.78 Å². The summed E-state index contributed by atoms with van der Waals surface area (Å²) in [7, 11) is 3.59. The molecule has 1 unspecified atom stereocenters. The summed E-state index contributed by atoms with van der Waals surface area (Å²) in [5.41, 5.74) is 0. The van der Waals surface area contributed by atoms with Crippen molar-refractivity contribution in [2.75, 3.05) is 33.9 Å². The smallest absolute Gasteiger partial charge is 0.319 e. The predicted octanol–water partition coefficient (Wildman–Crippen LogP) is 1.32. The fourth-order valence-electron chi connectivity index (χ4n) is 2.40. The molecule has 1 atom stereocenters. The van der Waals surface area contributed by atoms with Crippen LogP contribution < -0.4 is 5.32 Å². The Morgan fingerprint density at radius 2 is 2.48 bits per heavy atom. The monoisotopic (exact) mass is 301 g/mol. The molecule has 6 nitrogen and oxygen atoms in total. The summed E-state index contributed by atoms with van der Waals surface area (Å²) in [4.78, 5) is 10.1. The second-order valence-electron chi connectivity index (χ2n) is 5.04. The van der Waals surface area contributed by atoms with Crippen molar-refractivity contribution in [2.45, 2.75) is 19.5 Å². The highest BCUT2D eigenvalue weighted by Gasteiger charge is 2.19. The molecule has 1 fully saturated rings. The number of aromatic nitrogens is 2. The molecule has 0 spiro atoms. The number of halogens is 2. The average Bonchev–Trinajstić information content (AvgIpc) is 3.10. The second kappa shape index (κ2) is 7.35. The number of hydrogen-bond acceptors (Lipinski definition) is 3. The van der Waals surface area contributed by atoms with E-state index in [1.165, 1.54) is 12.4 Å². The van der Waals surface area contributed by atoms with Crippen molar-refractivity contribution in [1.29, 1.82) is 0 Å². The summed E-state index contributed by atoms with van der Waals surface area (Å²) in [6.07, 6.45) is 3.67. The molecule has 0 saturated carbocycles. The Balaban J connectivity index is 1.88. The van der Waals surface area contributed by atoms with Gasteiger partial charge in [0.15, 0.2) is 5.96 Å². The molecular weight excluding hydrogens is 280 g/mol. The van der Waals surface area contributed by atoms with Crippen LogP contribution in [0.2, 0.25) is 0 Å². The minimum atomic E-state index is -2.58. The molecule has 1 saturated heterocycles. The Hall–Kier alpha value is -1.70. The lowest BCUT2D eigenvalue weighted by atomic mass is 10.1. The first kappa shape index (κ1) is 15.7. The van der Waals surface area contributed by atoms with Gasteiger partial charge in [-0.15, -0.1) is 0 Å². The number of alkyl halides is 2. The van der Waals surface area contributed by atoms with E-state index in [1.54, 1.807) is 7.05 Å². The number of aliphatic imine (C=N–C) groups is 1. The Bertz CT molecular complexity index is 471. The molecule has 2 heterocycles. The van der Waals surface area contributed by atoms with E-state index in [9.17, 15) is 8.78 Å². The molecule has 0 radical (unpaired) electrons. The summed E-state index contributed by atoms with van der Waals surface area (Å²) in [5.74, 6) is 1.42. The third-order valence-electron chi connectivity index (χ3n) is 3.49. The highest BCUT2D eigenvalue weighted by atomic mass is 19.3. The number of hydrogen-bond donors (Lipinski definition) is 1. The Kier molecular flexibility index (Phi) is 5.49. The number of guanidine groups is 1. The van der Waals surface area contributed by atoms with E-state index in [1.807, 2.05) is 11.9 Å². The van der Waals surface area contributed by atoms with E-state index in [-0.39, 0.29) is 12.4 Å². The van der Waals surface area contributed by atoms with Gasteiger partial charge in [-0.1, -0.05) is 0 Å². The van der Waals surface area contributed by atoms with Gasteiger partial charge in [-0.05, 0) is 6.42 Å². The van der Waals surface area contributed by atoms with Crippen LogP contribution in [-0.4, -0.2) is 54.3 Å². The van der Waals surface area contributed by atoms with Crippen molar-refractivity contribution in [1.82, 2.24) is 19.8 Å². The quantitative estimate of drug-likeness (QED) is 0.658. The van der Waals surface area contributed by atoms with E-state index >= 15 is 0 Å². The van der Waals surface area contributed by atoms with E-state index in [4.69, 9.17) is 4.74 Å². The molecule has 0 aromatic carbocycles. The van der Waals surface area contributed by atoms with Gasteiger partial charge in [-0.25, -0.2) is 4.98 Å². The largest absolute Gasteiger partial charge is 0.381 e. The van der Waals surface area contributed by atoms with Gasteiger partial charge in [0.1, 0.15) is 5.82 Å². The van der Waals surface area contributed by atoms with Gasteiger partial charge in [0.25, 0.3) is 0 Å². The number of ether oxygens (including phenoxy) is 1. The number of nitrogens with one attached hydrogen (secondary N) is 1. The first-order valence-electron chi connectivity index (χ1n) is 6.91.